The van der Waals surface area contributed by atoms with Crippen LogP contribution < -0.4 is 14.8 Å². The van der Waals surface area contributed by atoms with Gasteiger partial charge in [0.05, 0.1) is 26.0 Å². The van der Waals surface area contributed by atoms with E-state index in [9.17, 15) is 4.79 Å². The van der Waals surface area contributed by atoms with E-state index in [0.29, 0.717) is 36.4 Å². The predicted octanol–water partition coefficient (Wildman–Crippen LogP) is 5.03. The molecular weight excluding hydrogens is 430 g/mol. The molecule has 180 valence electrons. The third-order valence-corrected chi connectivity index (χ3v) is 6.16. The van der Waals surface area contributed by atoms with Crippen molar-refractivity contribution in [1.29, 1.82) is 0 Å². The highest BCUT2D eigenvalue weighted by atomic mass is 16.5. The van der Waals surface area contributed by atoms with Gasteiger partial charge in [0.1, 0.15) is 0 Å². The summed E-state index contributed by atoms with van der Waals surface area (Å²) < 4.78 is 18.5. The van der Waals surface area contributed by atoms with Gasteiger partial charge in [-0.15, -0.1) is 0 Å². The first kappa shape index (κ1) is 23.8. The minimum absolute atomic E-state index is 0.211. The highest BCUT2D eigenvalue weighted by molar-refractivity contribution is 5.99. The lowest BCUT2D eigenvalue weighted by Crippen LogP contribution is -2.27. The van der Waals surface area contributed by atoms with E-state index in [-0.39, 0.29) is 5.91 Å². The Morgan fingerprint density at radius 2 is 1.79 bits per heavy atom. The molecule has 0 bridgehead atoms. The Balaban J connectivity index is 1.49. The van der Waals surface area contributed by atoms with Gasteiger partial charge in [0.25, 0.3) is 5.91 Å². The van der Waals surface area contributed by atoms with E-state index in [0.717, 1.165) is 36.1 Å². The lowest BCUT2D eigenvalue weighted by Gasteiger charge is -2.21. The van der Waals surface area contributed by atoms with Crippen LogP contribution in [0.2, 0.25) is 0 Å². The molecule has 1 amide bonds. The molecule has 0 unspecified atom stereocenters. The van der Waals surface area contributed by atoms with Crippen LogP contribution in [0.3, 0.4) is 0 Å². The molecule has 1 saturated carbocycles. The van der Waals surface area contributed by atoms with Gasteiger partial charge < -0.3 is 19.5 Å². The molecule has 34 heavy (non-hydrogen) atoms. The van der Waals surface area contributed by atoms with Crippen LogP contribution in [0.4, 0.5) is 0 Å². The lowest BCUT2D eigenvalue weighted by molar-refractivity contribution is 0.0273. The second kappa shape index (κ2) is 11.7. The van der Waals surface area contributed by atoms with E-state index in [2.05, 4.69) is 10.4 Å². The van der Waals surface area contributed by atoms with E-state index < -0.39 is 0 Å². The number of nitrogens with zero attached hydrogens (tertiary/aromatic N) is 2. The lowest BCUT2D eigenvalue weighted by atomic mass is 9.98. The number of hydrogen-bond acceptors (Lipinski definition) is 5. The number of ether oxygens (including phenoxy) is 3. The summed E-state index contributed by atoms with van der Waals surface area (Å²) >= 11 is 0. The molecule has 0 saturated heterocycles. The van der Waals surface area contributed by atoms with Gasteiger partial charge in [-0.25, -0.2) is 4.68 Å². The SMILES string of the molecule is COc1ccc(-c2cn(-c3ccccc3)nc2C(=O)NCCCOC2CCCCC2)cc1OC. The maximum Gasteiger partial charge on any atom is 0.272 e. The van der Waals surface area contributed by atoms with E-state index in [1.54, 1.807) is 18.9 Å². The molecule has 0 radical (unpaired) electrons. The number of para-hydroxylation sites is 1. The number of amides is 1. The fourth-order valence-electron chi connectivity index (χ4n) is 4.31. The Bertz CT molecular complexity index is 1070. The zero-order valence-electron chi connectivity index (χ0n) is 20.0. The molecule has 7 heteroatoms. The van der Waals surface area contributed by atoms with Crippen LogP contribution in [-0.4, -0.2) is 49.2 Å². The first-order chi connectivity index (χ1) is 16.7. The highest BCUT2D eigenvalue weighted by Gasteiger charge is 2.20. The van der Waals surface area contributed by atoms with Crippen LogP contribution in [0, 0.1) is 0 Å². The Kier molecular flexibility index (Phi) is 8.20. The maximum absolute atomic E-state index is 13.1. The van der Waals surface area contributed by atoms with Crippen LogP contribution in [0.5, 0.6) is 11.5 Å². The quantitative estimate of drug-likeness (QED) is 0.427. The molecule has 2 aromatic carbocycles. The molecule has 0 spiro atoms. The second-order valence-electron chi connectivity index (χ2n) is 8.48. The van der Waals surface area contributed by atoms with Gasteiger partial charge in [-0.3, -0.25) is 4.79 Å². The van der Waals surface area contributed by atoms with Crippen molar-refractivity contribution in [2.45, 2.75) is 44.6 Å². The molecule has 1 N–H and O–H groups in total. The van der Waals surface area contributed by atoms with Gasteiger partial charge in [0.15, 0.2) is 17.2 Å². The number of benzene rings is 2. The number of rotatable bonds is 10. The molecule has 1 aliphatic rings. The fraction of sp³-hybridized carbons (Fsp3) is 0.407. The van der Waals surface area contributed by atoms with Gasteiger partial charge in [-0.2, -0.15) is 5.10 Å². The fourth-order valence-corrected chi connectivity index (χ4v) is 4.31. The zero-order chi connectivity index (χ0) is 23.8. The number of methoxy groups -OCH3 is 2. The third kappa shape index (κ3) is 5.78. The molecule has 4 rings (SSSR count). The number of aromatic nitrogens is 2. The van der Waals surface area contributed by atoms with Crippen LogP contribution in [-0.2, 0) is 4.74 Å². The Hall–Kier alpha value is -3.32. The van der Waals surface area contributed by atoms with E-state index in [4.69, 9.17) is 14.2 Å². The second-order valence-corrected chi connectivity index (χ2v) is 8.48. The predicted molar refractivity (Wildman–Crippen MR) is 132 cm³/mol. The largest absolute Gasteiger partial charge is 0.493 e. The van der Waals surface area contributed by atoms with Crippen LogP contribution in [0.1, 0.15) is 49.0 Å². The average Bonchev–Trinajstić information content (AvgIpc) is 3.35. The summed E-state index contributed by atoms with van der Waals surface area (Å²) in [6.07, 6.45) is 9.15. The summed E-state index contributed by atoms with van der Waals surface area (Å²) in [5.41, 5.74) is 2.79. The van der Waals surface area contributed by atoms with E-state index in [1.807, 2.05) is 54.7 Å². The topological polar surface area (TPSA) is 74.6 Å². The molecule has 1 fully saturated rings. The Labute approximate surface area is 201 Å². The number of hydrogen-bond donors (Lipinski definition) is 1. The van der Waals surface area contributed by atoms with Gasteiger partial charge in [0.2, 0.25) is 0 Å². The first-order valence-electron chi connectivity index (χ1n) is 12.0. The van der Waals surface area contributed by atoms with Crippen LogP contribution >= 0.6 is 0 Å². The summed E-state index contributed by atoms with van der Waals surface area (Å²) in [5.74, 6) is 1.02. The molecule has 0 aliphatic heterocycles. The Morgan fingerprint density at radius 1 is 1.03 bits per heavy atom. The molecule has 1 aliphatic carbocycles. The average molecular weight is 464 g/mol. The summed E-state index contributed by atoms with van der Waals surface area (Å²) in [5, 5.41) is 7.64. The Morgan fingerprint density at radius 3 is 2.53 bits per heavy atom. The number of carbonyl (C=O) groups excluding carboxylic acids is 1. The molecule has 1 heterocycles. The smallest absolute Gasteiger partial charge is 0.272 e. The zero-order valence-corrected chi connectivity index (χ0v) is 20.0. The monoisotopic (exact) mass is 463 g/mol. The van der Waals surface area contributed by atoms with Gasteiger partial charge in [-0.1, -0.05) is 43.5 Å². The van der Waals surface area contributed by atoms with Gasteiger partial charge >= 0.3 is 0 Å². The van der Waals surface area contributed by atoms with Crippen molar-refractivity contribution in [1.82, 2.24) is 15.1 Å². The van der Waals surface area contributed by atoms with Crippen LogP contribution in [0.15, 0.2) is 54.7 Å². The maximum atomic E-state index is 13.1. The summed E-state index contributed by atoms with van der Waals surface area (Å²) in [6, 6.07) is 15.3. The van der Waals surface area contributed by atoms with Crippen molar-refractivity contribution in [3.05, 3.63) is 60.4 Å². The standard InChI is InChI=1S/C27H33N3O4/c1-32-24-15-14-20(18-25(24)33-2)23-19-30(21-10-5-3-6-11-21)29-26(23)27(31)28-16-9-17-34-22-12-7-4-8-13-22/h3,5-6,10-11,14-15,18-19,22H,4,7-9,12-13,16-17H2,1-2H3,(H,28,31). The van der Waals surface area contributed by atoms with Gasteiger partial charge in [-0.05, 0) is 49.1 Å². The van der Waals surface area contributed by atoms with E-state index >= 15 is 0 Å². The minimum Gasteiger partial charge on any atom is -0.493 e. The number of carbonyl (C=O) groups is 1. The normalized spacial score (nSPS) is 14.1. The van der Waals surface area contributed by atoms with Crippen molar-refractivity contribution in [2.75, 3.05) is 27.4 Å². The van der Waals surface area contributed by atoms with Crippen molar-refractivity contribution in [3.63, 3.8) is 0 Å². The molecule has 0 atom stereocenters. The van der Waals surface area contributed by atoms with Crippen molar-refractivity contribution in [2.24, 2.45) is 0 Å². The highest BCUT2D eigenvalue weighted by Crippen LogP contribution is 2.34. The molecule has 1 aromatic heterocycles. The summed E-state index contributed by atoms with van der Waals surface area (Å²) in [4.78, 5) is 13.1. The minimum atomic E-state index is -0.211. The first-order valence-corrected chi connectivity index (χ1v) is 12.0. The van der Waals surface area contributed by atoms with Gasteiger partial charge in [0, 0.05) is 24.9 Å². The van der Waals surface area contributed by atoms with Crippen LogP contribution in [0.25, 0.3) is 16.8 Å². The third-order valence-electron chi connectivity index (χ3n) is 6.16. The van der Waals surface area contributed by atoms with Crippen molar-refractivity contribution >= 4 is 5.91 Å². The molecular formula is C27H33N3O4. The summed E-state index contributed by atoms with van der Waals surface area (Å²) in [6.45, 7) is 1.20. The van der Waals surface area contributed by atoms with E-state index in [1.165, 1.54) is 19.3 Å². The molecule has 7 nitrogen and oxygen atoms in total. The number of nitrogens with one attached hydrogen (secondary N) is 1. The molecule has 3 aromatic rings. The van der Waals surface area contributed by atoms with Crippen molar-refractivity contribution < 1.29 is 19.0 Å². The summed E-state index contributed by atoms with van der Waals surface area (Å²) in [7, 11) is 3.19. The van der Waals surface area contributed by atoms with Crippen molar-refractivity contribution in [3.8, 4) is 28.3 Å².